The summed E-state index contributed by atoms with van der Waals surface area (Å²) in [6, 6.07) is 13.2. The van der Waals surface area contributed by atoms with Gasteiger partial charge in [-0.3, -0.25) is 9.59 Å². The van der Waals surface area contributed by atoms with Crippen LogP contribution in [-0.2, 0) is 33.8 Å². The van der Waals surface area contributed by atoms with Crippen LogP contribution in [0.15, 0.2) is 47.8 Å². The number of likely N-dealkylation sites (tertiary alicyclic amines) is 1. The molecular weight excluding hydrogens is 504 g/mol. The zero-order valence-corrected chi connectivity index (χ0v) is 22.2. The van der Waals surface area contributed by atoms with Gasteiger partial charge in [0.05, 0.1) is 31.6 Å². The lowest BCUT2D eigenvalue weighted by Gasteiger charge is -2.39. The van der Waals surface area contributed by atoms with Gasteiger partial charge in [-0.05, 0) is 54.7 Å². The summed E-state index contributed by atoms with van der Waals surface area (Å²) in [5.41, 5.74) is 8.46. The Balaban J connectivity index is 1.31. The number of aryl methyl sites for hydroxylation is 2. The first-order valence-corrected chi connectivity index (χ1v) is 13.7. The maximum absolute atomic E-state index is 13.0. The van der Waals surface area contributed by atoms with E-state index in [9.17, 15) is 9.59 Å². The first-order chi connectivity index (χ1) is 18.5. The number of rotatable bonds is 4. The molecule has 2 amide bonds. The molecule has 38 heavy (non-hydrogen) atoms. The van der Waals surface area contributed by atoms with Crippen molar-refractivity contribution in [2.45, 2.75) is 50.9 Å². The van der Waals surface area contributed by atoms with Crippen molar-refractivity contribution >= 4 is 28.3 Å². The quantitative estimate of drug-likeness (QED) is 0.522. The van der Waals surface area contributed by atoms with E-state index in [1.165, 1.54) is 11.3 Å². The molecule has 2 atom stereocenters. The number of benzene rings is 2. The molecule has 3 aromatic rings. The molecule has 9 nitrogen and oxygen atoms in total. The molecule has 1 saturated heterocycles. The van der Waals surface area contributed by atoms with Crippen LogP contribution in [0, 0.1) is 0 Å². The summed E-state index contributed by atoms with van der Waals surface area (Å²) in [6.45, 7) is 1.35. The van der Waals surface area contributed by atoms with Gasteiger partial charge < -0.3 is 30.2 Å². The smallest absolute Gasteiger partial charge is 0.223 e. The van der Waals surface area contributed by atoms with Crippen LogP contribution in [-0.4, -0.2) is 54.0 Å². The Hall–Kier alpha value is -3.63. The Labute approximate surface area is 225 Å². The van der Waals surface area contributed by atoms with E-state index >= 15 is 0 Å². The van der Waals surface area contributed by atoms with Gasteiger partial charge in [0.15, 0.2) is 16.6 Å². The fourth-order valence-corrected chi connectivity index (χ4v) is 5.45. The van der Waals surface area contributed by atoms with Crippen LogP contribution in [0.5, 0.6) is 17.2 Å². The van der Waals surface area contributed by atoms with Crippen LogP contribution in [0.1, 0.15) is 36.1 Å². The van der Waals surface area contributed by atoms with Crippen molar-refractivity contribution < 1.29 is 23.8 Å². The van der Waals surface area contributed by atoms with Gasteiger partial charge in [-0.15, -0.1) is 11.3 Å². The highest BCUT2D eigenvalue weighted by molar-refractivity contribution is 7.13. The molecule has 3 N–H and O–H groups in total. The number of thiazole rings is 1. The van der Waals surface area contributed by atoms with Crippen molar-refractivity contribution in [3.8, 4) is 17.2 Å². The number of nitrogen functional groups attached to an aromatic ring is 1. The largest absolute Gasteiger partial charge is 0.493 e. The number of ether oxygens (including phenoxy) is 3. The zero-order chi connectivity index (χ0) is 26.5. The van der Waals surface area contributed by atoms with Crippen LogP contribution in [0.4, 0.5) is 5.13 Å². The number of carbonyl (C=O) groups excluding carboxylic acids is 2. The van der Waals surface area contributed by atoms with Crippen LogP contribution in [0.3, 0.4) is 0 Å². The van der Waals surface area contributed by atoms with Gasteiger partial charge in [-0.2, -0.15) is 0 Å². The normalized spacial score (nSPS) is 19.8. The van der Waals surface area contributed by atoms with E-state index in [4.69, 9.17) is 19.9 Å². The average Bonchev–Trinajstić information content (AvgIpc) is 3.34. The molecule has 1 fully saturated rings. The monoisotopic (exact) mass is 536 g/mol. The molecule has 5 rings (SSSR count). The fourth-order valence-electron chi connectivity index (χ4n) is 4.85. The average molecular weight is 537 g/mol. The van der Waals surface area contributed by atoms with Gasteiger partial charge in [0.25, 0.3) is 0 Å². The molecule has 0 spiro atoms. The maximum atomic E-state index is 13.0. The summed E-state index contributed by atoms with van der Waals surface area (Å²) in [5.74, 6) is 1.87. The molecule has 4 bridgehead atoms. The number of carbonyl (C=O) groups is 2. The van der Waals surface area contributed by atoms with E-state index < -0.39 is 0 Å². The molecule has 0 aliphatic carbocycles. The molecule has 0 unspecified atom stereocenters. The van der Waals surface area contributed by atoms with Gasteiger partial charge in [0, 0.05) is 31.3 Å². The third kappa shape index (κ3) is 6.43. The van der Waals surface area contributed by atoms with E-state index in [1.54, 1.807) is 7.11 Å². The Morgan fingerprint density at radius 2 is 2.13 bits per heavy atom. The van der Waals surface area contributed by atoms with E-state index in [0.29, 0.717) is 74.2 Å². The zero-order valence-electron chi connectivity index (χ0n) is 21.4. The summed E-state index contributed by atoms with van der Waals surface area (Å²) in [6.07, 6.45) is 2.17. The van der Waals surface area contributed by atoms with E-state index in [1.807, 2.05) is 52.7 Å². The molecule has 3 heterocycles. The van der Waals surface area contributed by atoms with E-state index in [2.05, 4.69) is 10.3 Å². The third-order valence-electron chi connectivity index (χ3n) is 6.87. The fraction of sp³-hybridized carbons (Fsp3) is 0.393. The lowest BCUT2D eigenvalue weighted by molar-refractivity contribution is -0.137. The van der Waals surface area contributed by atoms with Crippen molar-refractivity contribution in [2.24, 2.45) is 0 Å². The lowest BCUT2D eigenvalue weighted by Crippen LogP contribution is -2.57. The van der Waals surface area contributed by atoms with E-state index in [0.717, 1.165) is 16.8 Å². The van der Waals surface area contributed by atoms with E-state index in [-0.39, 0.29) is 24.0 Å². The van der Waals surface area contributed by atoms with Crippen molar-refractivity contribution in [1.82, 2.24) is 15.2 Å². The molecule has 0 saturated carbocycles. The minimum absolute atomic E-state index is 0.0378. The number of hydrogen-bond acceptors (Lipinski definition) is 8. The van der Waals surface area contributed by atoms with Crippen molar-refractivity contribution in [3.63, 3.8) is 0 Å². The highest BCUT2D eigenvalue weighted by atomic mass is 32.1. The minimum atomic E-state index is -0.300. The van der Waals surface area contributed by atoms with Crippen molar-refractivity contribution in [3.05, 3.63) is 64.7 Å². The van der Waals surface area contributed by atoms with Crippen molar-refractivity contribution in [1.29, 1.82) is 0 Å². The number of nitrogens with two attached hydrogens (primary N) is 1. The number of methoxy groups -OCH3 is 1. The van der Waals surface area contributed by atoms with Gasteiger partial charge in [0.1, 0.15) is 5.75 Å². The van der Waals surface area contributed by atoms with Gasteiger partial charge in [0.2, 0.25) is 11.8 Å². The summed E-state index contributed by atoms with van der Waals surface area (Å²) in [7, 11) is 1.60. The molecule has 2 aromatic carbocycles. The summed E-state index contributed by atoms with van der Waals surface area (Å²) in [5, 5.41) is 5.54. The first-order valence-electron chi connectivity index (χ1n) is 12.8. The standard InChI is InChI=1S/C28H32N4O5S/c1-35-24-8-5-18-6-9-26(33)31-22-15-32(27(34)10-7-20-17-38-28(29)30-20)12-11-23(22)36-16-19-3-2-4-21(13-19)37-25(24)14-18/h2-5,8,13-14,17,22-23H,6-7,9-12,15-16H2,1H3,(H2,29,30)(H,31,33)/t22-,23+/m0/s1. The molecule has 2 aliphatic rings. The number of aromatic nitrogens is 1. The number of hydrogen-bond donors (Lipinski definition) is 2. The minimum Gasteiger partial charge on any atom is -0.493 e. The Bertz CT molecular complexity index is 1300. The van der Waals surface area contributed by atoms with Crippen LogP contribution in [0.2, 0.25) is 0 Å². The van der Waals surface area contributed by atoms with Crippen LogP contribution in [0.25, 0.3) is 0 Å². The molecule has 0 radical (unpaired) electrons. The molecule has 200 valence electrons. The Kier molecular flexibility index (Phi) is 8.09. The SMILES string of the molecule is COc1ccc2cc1Oc1cccc(c1)CO[C@@H]1CCN(C(=O)CCc3csc(N)n3)C[C@@H]1NC(=O)CC2. The summed E-state index contributed by atoms with van der Waals surface area (Å²) < 4.78 is 17.9. The highest BCUT2D eigenvalue weighted by Gasteiger charge is 2.33. The van der Waals surface area contributed by atoms with Crippen LogP contribution >= 0.6 is 11.3 Å². The Morgan fingerprint density at radius 3 is 2.95 bits per heavy atom. The predicted octanol–water partition coefficient (Wildman–Crippen LogP) is 3.71. The summed E-state index contributed by atoms with van der Waals surface area (Å²) >= 11 is 1.38. The van der Waals surface area contributed by atoms with Gasteiger partial charge >= 0.3 is 0 Å². The number of nitrogens with one attached hydrogen (secondary N) is 1. The molecular formula is C28H32N4O5S. The van der Waals surface area contributed by atoms with Crippen LogP contribution < -0.4 is 20.5 Å². The predicted molar refractivity (Wildman–Crippen MR) is 144 cm³/mol. The first kappa shape index (κ1) is 26.0. The van der Waals surface area contributed by atoms with Gasteiger partial charge in [-0.1, -0.05) is 18.2 Å². The molecule has 10 heteroatoms. The number of fused-ring (bicyclic) bond motifs is 5. The molecule has 1 aromatic heterocycles. The second-order valence-corrected chi connectivity index (χ2v) is 10.5. The number of piperidine rings is 1. The number of amides is 2. The summed E-state index contributed by atoms with van der Waals surface area (Å²) in [4.78, 5) is 32.0. The van der Waals surface area contributed by atoms with Crippen molar-refractivity contribution in [2.75, 3.05) is 25.9 Å². The highest BCUT2D eigenvalue weighted by Crippen LogP contribution is 2.33. The second kappa shape index (κ2) is 11.8. The second-order valence-electron chi connectivity index (χ2n) is 9.56. The number of anilines is 1. The topological polar surface area (TPSA) is 116 Å². The maximum Gasteiger partial charge on any atom is 0.223 e. The lowest BCUT2D eigenvalue weighted by atomic mass is 10.00. The Morgan fingerprint density at radius 1 is 1.24 bits per heavy atom. The third-order valence-corrected chi connectivity index (χ3v) is 7.59. The molecule has 2 aliphatic heterocycles. The van der Waals surface area contributed by atoms with Gasteiger partial charge in [-0.25, -0.2) is 4.98 Å². The number of nitrogens with zero attached hydrogens (tertiary/aromatic N) is 2.